The van der Waals surface area contributed by atoms with Crippen molar-refractivity contribution in [2.75, 3.05) is 13.1 Å². The molecule has 1 N–H and O–H groups in total. The van der Waals surface area contributed by atoms with Gasteiger partial charge in [-0.25, -0.2) is 0 Å². The Morgan fingerprint density at radius 2 is 2.14 bits per heavy atom. The molecule has 0 spiro atoms. The van der Waals surface area contributed by atoms with Gasteiger partial charge in [-0.15, -0.1) is 0 Å². The Balaban J connectivity index is 2.03. The van der Waals surface area contributed by atoms with E-state index in [2.05, 4.69) is 36.0 Å². The standard InChI is InChI=1S/C11H21N3/c1-8-5-4-6-14(10(8)3)11-12-7-9(2)13-11/h8-10H,4-7H2,1-3H3,(H,12,13). The van der Waals surface area contributed by atoms with E-state index in [-0.39, 0.29) is 0 Å². The predicted molar refractivity (Wildman–Crippen MR) is 59.5 cm³/mol. The van der Waals surface area contributed by atoms with Crippen LogP contribution in [-0.2, 0) is 0 Å². The zero-order valence-corrected chi connectivity index (χ0v) is 9.45. The first-order valence-electron chi connectivity index (χ1n) is 5.76. The fraction of sp³-hybridized carbons (Fsp3) is 0.909. The average molecular weight is 195 g/mol. The SMILES string of the molecule is CC1CN=C(N2CCCC(C)C2C)N1. The van der Waals surface area contributed by atoms with Crippen molar-refractivity contribution in [1.82, 2.24) is 10.2 Å². The maximum absolute atomic E-state index is 4.56. The van der Waals surface area contributed by atoms with E-state index in [9.17, 15) is 0 Å². The van der Waals surface area contributed by atoms with Crippen molar-refractivity contribution >= 4 is 5.96 Å². The van der Waals surface area contributed by atoms with E-state index in [1.165, 1.54) is 19.4 Å². The molecular formula is C11H21N3. The molecule has 1 saturated heterocycles. The number of guanidine groups is 1. The third-order valence-corrected chi connectivity index (χ3v) is 3.54. The van der Waals surface area contributed by atoms with Crippen LogP contribution in [0.5, 0.6) is 0 Å². The van der Waals surface area contributed by atoms with E-state index >= 15 is 0 Å². The highest BCUT2D eigenvalue weighted by molar-refractivity contribution is 5.82. The predicted octanol–water partition coefficient (Wildman–Crippen LogP) is 1.45. The van der Waals surface area contributed by atoms with Gasteiger partial charge in [-0.3, -0.25) is 4.99 Å². The molecule has 0 aromatic heterocycles. The first-order valence-corrected chi connectivity index (χ1v) is 5.76. The van der Waals surface area contributed by atoms with Crippen molar-refractivity contribution in [1.29, 1.82) is 0 Å². The number of hydrogen-bond donors (Lipinski definition) is 1. The highest BCUT2D eigenvalue weighted by Gasteiger charge is 2.29. The first-order chi connectivity index (χ1) is 6.68. The average Bonchev–Trinajstić information content (AvgIpc) is 2.57. The molecule has 2 aliphatic rings. The van der Waals surface area contributed by atoms with Crippen LogP contribution in [0.25, 0.3) is 0 Å². The number of nitrogens with one attached hydrogen (secondary N) is 1. The molecule has 0 saturated carbocycles. The maximum atomic E-state index is 4.56. The topological polar surface area (TPSA) is 27.6 Å². The molecular weight excluding hydrogens is 174 g/mol. The van der Waals surface area contributed by atoms with Crippen LogP contribution >= 0.6 is 0 Å². The molecule has 3 nitrogen and oxygen atoms in total. The summed E-state index contributed by atoms with van der Waals surface area (Å²) in [5.74, 6) is 1.93. The van der Waals surface area contributed by atoms with Gasteiger partial charge < -0.3 is 10.2 Å². The Kier molecular flexibility index (Phi) is 2.66. The van der Waals surface area contributed by atoms with Gasteiger partial charge in [0.05, 0.1) is 6.54 Å². The van der Waals surface area contributed by atoms with Crippen LogP contribution in [0.4, 0.5) is 0 Å². The Morgan fingerprint density at radius 3 is 2.79 bits per heavy atom. The van der Waals surface area contributed by atoms with Gasteiger partial charge in [0.15, 0.2) is 5.96 Å². The van der Waals surface area contributed by atoms with Gasteiger partial charge in [0.1, 0.15) is 0 Å². The summed E-state index contributed by atoms with van der Waals surface area (Å²) in [7, 11) is 0. The van der Waals surface area contributed by atoms with E-state index in [0.717, 1.165) is 18.4 Å². The second kappa shape index (κ2) is 3.79. The van der Waals surface area contributed by atoms with Gasteiger partial charge in [-0.1, -0.05) is 6.92 Å². The van der Waals surface area contributed by atoms with Crippen LogP contribution in [0.1, 0.15) is 33.6 Å². The molecule has 3 heteroatoms. The Hall–Kier alpha value is -0.730. The Labute approximate surface area is 86.6 Å². The second-order valence-corrected chi connectivity index (χ2v) is 4.76. The molecule has 0 aromatic rings. The maximum Gasteiger partial charge on any atom is 0.194 e. The molecule has 0 aliphatic carbocycles. The smallest absolute Gasteiger partial charge is 0.194 e. The minimum atomic E-state index is 0.523. The lowest BCUT2D eigenvalue weighted by atomic mass is 9.92. The zero-order valence-electron chi connectivity index (χ0n) is 9.45. The van der Waals surface area contributed by atoms with Gasteiger partial charge >= 0.3 is 0 Å². The molecule has 2 rings (SSSR count). The summed E-state index contributed by atoms with van der Waals surface area (Å²) in [5, 5.41) is 3.45. The fourth-order valence-corrected chi connectivity index (χ4v) is 2.34. The van der Waals surface area contributed by atoms with E-state index < -0.39 is 0 Å². The molecule has 0 bridgehead atoms. The summed E-state index contributed by atoms with van der Waals surface area (Å²) in [5.41, 5.74) is 0. The number of rotatable bonds is 0. The molecule has 2 aliphatic heterocycles. The number of piperidine rings is 1. The Bertz CT molecular complexity index is 237. The van der Waals surface area contributed by atoms with Crippen LogP contribution in [0.3, 0.4) is 0 Å². The largest absolute Gasteiger partial charge is 0.352 e. The minimum absolute atomic E-state index is 0.523. The van der Waals surface area contributed by atoms with Gasteiger partial charge in [-0.05, 0) is 32.6 Å². The van der Waals surface area contributed by atoms with Crippen LogP contribution in [0, 0.1) is 5.92 Å². The number of hydrogen-bond acceptors (Lipinski definition) is 3. The molecule has 0 amide bonds. The lowest BCUT2D eigenvalue weighted by Crippen LogP contribution is -2.50. The minimum Gasteiger partial charge on any atom is -0.352 e. The molecule has 0 aromatic carbocycles. The summed E-state index contributed by atoms with van der Waals surface area (Å²) in [6.07, 6.45) is 2.67. The molecule has 80 valence electrons. The molecule has 14 heavy (non-hydrogen) atoms. The Morgan fingerprint density at radius 1 is 1.36 bits per heavy atom. The lowest BCUT2D eigenvalue weighted by Gasteiger charge is -2.39. The monoisotopic (exact) mass is 195 g/mol. The highest BCUT2D eigenvalue weighted by Crippen LogP contribution is 2.23. The third kappa shape index (κ3) is 1.72. The fourth-order valence-electron chi connectivity index (χ4n) is 2.34. The van der Waals surface area contributed by atoms with E-state index in [0.29, 0.717) is 12.1 Å². The van der Waals surface area contributed by atoms with Crippen molar-refractivity contribution < 1.29 is 0 Å². The number of likely N-dealkylation sites (tertiary alicyclic amines) is 1. The molecule has 3 atom stereocenters. The van der Waals surface area contributed by atoms with Crippen molar-refractivity contribution in [3.8, 4) is 0 Å². The van der Waals surface area contributed by atoms with E-state index in [1.54, 1.807) is 0 Å². The summed E-state index contributed by atoms with van der Waals surface area (Å²) in [6.45, 7) is 8.96. The van der Waals surface area contributed by atoms with E-state index in [1.807, 2.05) is 0 Å². The zero-order chi connectivity index (χ0) is 10.1. The van der Waals surface area contributed by atoms with Crippen LogP contribution in [0.15, 0.2) is 4.99 Å². The number of nitrogens with zero attached hydrogens (tertiary/aromatic N) is 2. The van der Waals surface area contributed by atoms with Gasteiger partial charge in [0, 0.05) is 18.6 Å². The summed E-state index contributed by atoms with van der Waals surface area (Å²) in [6, 6.07) is 1.16. The normalized spacial score (nSPS) is 38.1. The molecule has 0 radical (unpaired) electrons. The molecule has 2 heterocycles. The molecule has 3 unspecified atom stereocenters. The number of aliphatic imine (C=N–C) groups is 1. The summed E-state index contributed by atoms with van der Waals surface area (Å²) in [4.78, 5) is 7.00. The van der Waals surface area contributed by atoms with Gasteiger partial charge in [0.2, 0.25) is 0 Å². The third-order valence-electron chi connectivity index (χ3n) is 3.54. The quantitative estimate of drug-likeness (QED) is 0.633. The van der Waals surface area contributed by atoms with Crippen LogP contribution < -0.4 is 5.32 Å². The lowest BCUT2D eigenvalue weighted by molar-refractivity contribution is 0.187. The molecule has 1 fully saturated rings. The van der Waals surface area contributed by atoms with Crippen molar-refractivity contribution in [3.63, 3.8) is 0 Å². The van der Waals surface area contributed by atoms with Crippen molar-refractivity contribution in [3.05, 3.63) is 0 Å². The van der Waals surface area contributed by atoms with Crippen molar-refractivity contribution in [2.24, 2.45) is 10.9 Å². The van der Waals surface area contributed by atoms with Crippen molar-refractivity contribution in [2.45, 2.75) is 45.7 Å². The second-order valence-electron chi connectivity index (χ2n) is 4.76. The summed E-state index contributed by atoms with van der Waals surface area (Å²) < 4.78 is 0. The van der Waals surface area contributed by atoms with Gasteiger partial charge in [0.25, 0.3) is 0 Å². The first kappa shape index (κ1) is 9.81. The van der Waals surface area contributed by atoms with E-state index in [4.69, 9.17) is 0 Å². The van der Waals surface area contributed by atoms with Crippen LogP contribution in [-0.4, -0.2) is 36.0 Å². The summed E-state index contributed by atoms with van der Waals surface area (Å²) >= 11 is 0. The van der Waals surface area contributed by atoms with Gasteiger partial charge in [-0.2, -0.15) is 0 Å². The van der Waals surface area contributed by atoms with Crippen LogP contribution in [0.2, 0.25) is 0 Å². The highest BCUT2D eigenvalue weighted by atomic mass is 15.3.